The third-order valence-corrected chi connectivity index (χ3v) is 7.02. The highest BCUT2D eigenvalue weighted by Crippen LogP contribution is 2.30. The first kappa shape index (κ1) is 27.1. The molecule has 5 rings (SSSR count). The summed E-state index contributed by atoms with van der Waals surface area (Å²) in [7, 11) is 0. The fourth-order valence-corrected chi connectivity index (χ4v) is 5.11. The normalized spacial score (nSPS) is 12.5. The Hall–Kier alpha value is -4.53. The Bertz CT molecular complexity index is 1770. The molecule has 3 heterocycles. The molecule has 206 valence electrons. The molecule has 1 unspecified atom stereocenters. The largest absolute Gasteiger partial charge is 0.439 e. The number of allylic oxidation sites excluding steroid dienone is 2. The van der Waals surface area contributed by atoms with Crippen molar-refractivity contribution in [3.63, 3.8) is 0 Å². The molecule has 1 atom stereocenters. The van der Waals surface area contributed by atoms with Gasteiger partial charge in [0.25, 0.3) is 5.56 Å². The van der Waals surface area contributed by atoms with Crippen molar-refractivity contribution in [1.82, 2.24) is 29.3 Å². The lowest BCUT2D eigenvalue weighted by molar-refractivity contribution is 0.388. The summed E-state index contributed by atoms with van der Waals surface area (Å²) < 4.78 is 8.35. The van der Waals surface area contributed by atoms with Gasteiger partial charge in [0.2, 0.25) is 5.78 Å². The van der Waals surface area contributed by atoms with E-state index in [0.29, 0.717) is 23.8 Å². The van der Waals surface area contributed by atoms with E-state index in [9.17, 15) is 9.59 Å². The molecule has 5 aromatic rings. The van der Waals surface area contributed by atoms with Gasteiger partial charge in [-0.2, -0.15) is 10.1 Å². The van der Waals surface area contributed by atoms with Gasteiger partial charge in [0, 0.05) is 17.5 Å². The molecule has 9 heteroatoms. The van der Waals surface area contributed by atoms with Crippen molar-refractivity contribution in [3.8, 4) is 22.5 Å². The minimum Gasteiger partial charge on any atom is -0.296 e. The van der Waals surface area contributed by atoms with Gasteiger partial charge >= 0.3 is 5.76 Å². The fraction of sp³-hybridized carbons (Fsp3) is 0.323. The van der Waals surface area contributed by atoms with Gasteiger partial charge in [-0.05, 0) is 43.4 Å². The number of hydrogen-bond donors (Lipinski definition) is 1. The highest BCUT2D eigenvalue weighted by atomic mass is 16.5. The van der Waals surface area contributed by atoms with Crippen molar-refractivity contribution in [2.75, 3.05) is 0 Å². The van der Waals surface area contributed by atoms with Crippen molar-refractivity contribution in [2.24, 2.45) is 0 Å². The van der Waals surface area contributed by atoms with Gasteiger partial charge in [-0.25, -0.2) is 9.31 Å². The van der Waals surface area contributed by atoms with Gasteiger partial charge in [0.05, 0.1) is 11.7 Å². The van der Waals surface area contributed by atoms with Crippen molar-refractivity contribution in [1.29, 1.82) is 0 Å². The van der Waals surface area contributed by atoms with Crippen LogP contribution in [0.3, 0.4) is 0 Å². The van der Waals surface area contributed by atoms with E-state index in [2.05, 4.69) is 41.1 Å². The van der Waals surface area contributed by atoms with Gasteiger partial charge < -0.3 is 0 Å². The highest BCUT2D eigenvalue weighted by Gasteiger charge is 2.22. The van der Waals surface area contributed by atoms with Crippen LogP contribution >= 0.6 is 0 Å². The maximum Gasteiger partial charge on any atom is 0.439 e. The third kappa shape index (κ3) is 5.32. The van der Waals surface area contributed by atoms with Gasteiger partial charge in [-0.3, -0.25) is 18.9 Å². The quantitative estimate of drug-likeness (QED) is 0.229. The Balaban J connectivity index is 1.56. The van der Waals surface area contributed by atoms with Gasteiger partial charge in [-0.15, -0.1) is 0 Å². The zero-order valence-corrected chi connectivity index (χ0v) is 23.3. The molecule has 0 aliphatic carbocycles. The fourth-order valence-electron chi connectivity index (χ4n) is 5.11. The van der Waals surface area contributed by atoms with E-state index in [4.69, 9.17) is 9.62 Å². The molecule has 40 heavy (non-hydrogen) atoms. The maximum atomic E-state index is 14.1. The lowest BCUT2D eigenvalue weighted by Crippen LogP contribution is -2.31. The van der Waals surface area contributed by atoms with Gasteiger partial charge in [-0.1, -0.05) is 92.5 Å². The van der Waals surface area contributed by atoms with Crippen LogP contribution in [-0.4, -0.2) is 29.3 Å². The second-order valence-corrected chi connectivity index (χ2v) is 10.0. The van der Waals surface area contributed by atoms with Gasteiger partial charge in [0.15, 0.2) is 5.82 Å². The Morgan fingerprint density at radius 3 is 2.45 bits per heavy atom. The molecule has 2 aromatic carbocycles. The van der Waals surface area contributed by atoms with E-state index < -0.39 is 5.76 Å². The lowest BCUT2D eigenvalue weighted by Gasteiger charge is -2.18. The molecule has 0 radical (unpaired) electrons. The first-order valence-corrected chi connectivity index (χ1v) is 13.8. The molecule has 0 fully saturated rings. The van der Waals surface area contributed by atoms with E-state index in [-0.39, 0.29) is 11.6 Å². The summed E-state index contributed by atoms with van der Waals surface area (Å²) in [4.78, 5) is 32.9. The maximum absolute atomic E-state index is 14.1. The summed E-state index contributed by atoms with van der Waals surface area (Å²) in [5.74, 6) is 1.02. The Kier molecular flexibility index (Phi) is 7.91. The van der Waals surface area contributed by atoms with E-state index in [1.165, 1.54) is 0 Å². The highest BCUT2D eigenvalue weighted by molar-refractivity contribution is 5.80. The van der Waals surface area contributed by atoms with E-state index in [1.54, 1.807) is 4.57 Å². The Morgan fingerprint density at radius 1 is 1.02 bits per heavy atom. The smallest absolute Gasteiger partial charge is 0.296 e. The minimum atomic E-state index is -0.594. The number of aromatic amines is 1. The number of fused-ring (bicyclic) bond motifs is 1. The van der Waals surface area contributed by atoms with Crippen LogP contribution in [-0.2, 0) is 12.8 Å². The summed E-state index contributed by atoms with van der Waals surface area (Å²) >= 11 is 0. The number of nitrogens with zero attached hydrogens (tertiary/aromatic N) is 5. The number of hydrogen-bond acceptors (Lipinski definition) is 6. The summed E-state index contributed by atoms with van der Waals surface area (Å²) in [6.07, 6.45) is 8.31. The van der Waals surface area contributed by atoms with Crippen molar-refractivity contribution in [3.05, 3.63) is 104 Å². The van der Waals surface area contributed by atoms with Crippen LogP contribution in [0.25, 0.3) is 28.3 Å². The number of rotatable bonds is 10. The van der Waals surface area contributed by atoms with Crippen LogP contribution in [0.2, 0.25) is 0 Å². The van der Waals surface area contributed by atoms with Crippen LogP contribution in [0.5, 0.6) is 0 Å². The molecule has 0 aliphatic rings. The molecule has 3 aromatic heterocycles. The van der Waals surface area contributed by atoms with E-state index >= 15 is 0 Å². The molecular weight excluding hydrogens is 504 g/mol. The molecule has 0 spiro atoms. The molecule has 0 aliphatic heterocycles. The van der Waals surface area contributed by atoms with Crippen LogP contribution in [0.15, 0.2) is 74.8 Å². The monoisotopic (exact) mass is 538 g/mol. The number of aryl methyl sites for hydroxylation is 2. The average molecular weight is 539 g/mol. The zero-order valence-electron chi connectivity index (χ0n) is 23.3. The SMILES string of the molecule is CCC/C=C\C(C)n1c(=O)c(Cc2ccc(-c3ccccc3-c3noc(=O)[nH]3)cc2)c(CCC)n2nc(C)nc12. The van der Waals surface area contributed by atoms with Crippen LogP contribution in [0.1, 0.15) is 68.7 Å². The number of H-pyrrole nitrogens is 1. The number of aromatic nitrogens is 6. The summed E-state index contributed by atoms with van der Waals surface area (Å²) in [5, 5.41) is 8.55. The van der Waals surface area contributed by atoms with Crippen LogP contribution in [0, 0.1) is 6.92 Å². The van der Waals surface area contributed by atoms with Crippen molar-refractivity contribution >= 4 is 5.78 Å². The average Bonchev–Trinajstić information content (AvgIpc) is 3.56. The number of unbranched alkanes of at least 4 members (excludes halogenated alkanes) is 1. The topological polar surface area (TPSA) is 111 Å². The Morgan fingerprint density at radius 2 is 1.77 bits per heavy atom. The lowest BCUT2D eigenvalue weighted by atomic mass is 9.96. The predicted octanol–water partition coefficient (Wildman–Crippen LogP) is 5.67. The molecular formula is C31H34N6O3. The standard InChI is InChI=1S/C31H34N6O3/c1-5-7-8-12-20(3)36-29(38)26(27(11-6-2)37-30(36)32-21(4)34-37)19-22-15-17-23(18-16-22)24-13-9-10-14-25(24)28-33-31(39)40-35-28/h8-10,12-18,20H,5-7,11,19H2,1-4H3,(H,33,35,39)/b12-8-. The molecule has 0 bridgehead atoms. The summed E-state index contributed by atoms with van der Waals surface area (Å²) in [6.45, 7) is 8.13. The first-order chi connectivity index (χ1) is 19.4. The predicted molar refractivity (Wildman–Crippen MR) is 156 cm³/mol. The van der Waals surface area contributed by atoms with Gasteiger partial charge in [0.1, 0.15) is 5.82 Å². The number of nitrogens with one attached hydrogen (secondary N) is 1. The van der Waals surface area contributed by atoms with E-state index in [1.807, 2.05) is 66.9 Å². The van der Waals surface area contributed by atoms with Crippen molar-refractivity contribution < 1.29 is 4.52 Å². The van der Waals surface area contributed by atoms with Crippen LogP contribution < -0.4 is 11.3 Å². The molecule has 0 saturated carbocycles. The first-order valence-electron chi connectivity index (χ1n) is 13.8. The third-order valence-electron chi connectivity index (χ3n) is 7.02. The number of benzene rings is 2. The molecule has 0 saturated heterocycles. The Labute approximate surface area is 232 Å². The molecule has 0 amide bonds. The van der Waals surface area contributed by atoms with Crippen molar-refractivity contribution in [2.45, 2.75) is 65.8 Å². The summed E-state index contributed by atoms with van der Waals surface area (Å²) in [5.41, 5.74) is 5.29. The van der Waals surface area contributed by atoms with Crippen LogP contribution in [0.4, 0.5) is 0 Å². The molecule has 1 N–H and O–H groups in total. The summed E-state index contributed by atoms with van der Waals surface area (Å²) in [6, 6.07) is 15.7. The zero-order chi connectivity index (χ0) is 28.2. The van der Waals surface area contributed by atoms with E-state index in [0.717, 1.165) is 59.2 Å². The molecule has 9 nitrogen and oxygen atoms in total. The second-order valence-electron chi connectivity index (χ2n) is 10.0. The second kappa shape index (κ2) is 11.7. The minimum absolute atomic E-state index is 0.0265.